The van der Waals surface area contributed by atoms with Crippen LogP contribution in [0.1, 0.15) is 99.2 Å². The monoisotopic (exact) mass is 502 g/mol. The van der Waals surface area contributed by atoms with Crippen LogP contribution in [0.3, 0.4) is 0 Å². The molecule has 4 rings (SSSR count). The van der Waals surface area contributed by atoms with Crippen molar-refractivity contribution in [3.8, 4) is 11.5 Å². The van der Waals surface area contributed by atoms with Crippen molar-refractivity contribution in [1.82, 2.24) is 0 Å². The van der Waals surface area contributed by atoms with Crippen LogP contribution in [-0.2, 0) is 21.7 Å². The lowest BCUT2D eigenvalue weighted by atomic mass is 9.73. The molecule has 0 fully saturated rings. The molecule has 1 aliphatic heterocycles. The lowest BCUT2D eigenvalue weighted by Crippen LogP contribution is -2.44. The summed E-state index contributed by atoms with van der Waals surface area (Å²) in [6.07, 6.45) is 7.42. The first-order chi connectivity index (χ1) is 17.7. The van der Waals surface area contributed by atoms with Crippen molar-refractivity contribution in [3.63, 3.8) is 0 Å². The van der Waals surface area contributed by atoms with Gasteiger partial charge in [-0.05, 0) is 64.0 Å². The van der Waals surface area contributed by atoms with Crippen molar-refractivity contribution in [2.45, 2.75) is 84.3 Å². The molecule has 0 aromatic heterocycles. The van der Waals surface area contributed by atoms with E-state index < -0.39 is 11.8 Å². The van der Waals surface area contributed by atoms with E-state index in [9.17, 15) is 14.7 Å². The molecule has 5 nitrogen and oxygen atoms in total. The fraction of sp³-hybridized carbons (Fsp3) is 0.438. The molecule has 3 atom stereocenters. The topological polar surface area (TPSA) is 72.8 Å². The summed E-state index contributed by atoms with van der Waals surface area (Å²) in [4.78, 5) is 26.3. The molecule has 196 valence electrons. The number of hydrogen-bond acceptors (Lipinski definition) is 5. The highest BCUT2D eigenvalue weighted by Crippen LogP contribution is 2.52. The van der Waals surface area contributed by atoms with Crippen LogP contribution in [0.5, 0.6) is 11.5 Å². The highest BCUT2D eigenvalue weighted by Gasteiger charge is 2.48. The van der Waals surface area contributed by atoms with Gasteiger partial charge in [-0.1, -0.05) is 73.9 Å². The van der Waals surface area contributed by atoms with E-state index in [-0.39, 0.29) is 29.8 Å². The van der Waals surface area contributed by atoms with Crippen molar-refractivity contribution in [3.05, 3.63) is 82.5 Å². The van der Waals surface area contributed by atoms with Crippen molar-refractivity contribution in [2.24, 2.45) is 5.92 Å². The van der Waals surface area contributed by atoms with Gasteiger partial charge in [-0.15, -0.1) is 0 Å². The Morgan fingerprint density at radius 2 is 1.89 bits per heavy atom. The number of aromatic hydroxyl groups is 1. The molecule has 5 heteroatoms. The van der Waals surface area contributed by atoms with Gasteiger partial charge in [0.15, 0.2) is 0 Å². The Labute approximate surface area is 220 Å². The molecule has 0 spiro atoms. The summed E-state index contributed by atoms with van der Waals surface area (Å²) in [6, 6.07) is 10.8. The van der Waals surface area contributed by atoms with Gasteiger partial charge < -0.3 is 14.6 Å². The second kappa shape index (κ2) is 11.0. The van der Waals surface area contributed by atoms with Crippen LogP contribution in [0.4, 0.5) is 0 Å². The lowest BCUT2D eigenvalue weighted by Gasteiger charge is -2.41. The van der Waals surface area contributed by atoms with Gasteiger partial charge in [0.1, 0.15) is 22.8 Å². The zero-order valence-electron chi connectivity index (χ0n) is 22.4. The van der Waals surface area contributed by atoms with Crippen LogP contribution >= 0.6 is 0 Å². The quantitative estimate of drug-likeness (QED) is 0.218. The summed E-state index contributed by atoms with van der Waals surface area (Å²) < 4.78 is 12.7. The normalized spacial score (nSPS) is 22.9. The van der Waals surface area contributed by atoms with Crippen molar-refractivity contribution < 1.29 is 24.2 Å². The highest BCUT2D eigenvalue weighted by molar-refractivity contribution is 5.97. The Morgan fingerprint density at radius 1 is 1.16 bits per heavy atom. The number of phenolic OH excluding ortho intramolecular Hbond substituents is 1. The Kier molecular flexibility index (Phi) is 7.91. The molecule has 1 N–H and O–H groups in total. The van der Waals surface area contributed by atoms with Crippen molar-refractivity contribution in [1.29, 1.82) is 0 Å². The number of Topliss-reactive ketones (excluding diaryl/α,β-unsaturated/α-hetero) is 1. The summed E-state index contributed by atoms with van der Waals surface area (Å²) in [5, 5.41) is 11.5. The fourth-order valence-electron chi connectivity index (χ4n) is 5.73. The molecule has 2 aliphatic rings. The number of allylic oxidation sites excluding steroid dienone is 3. The molecule has 2 aromatic carbocycles. The largest absolute Gasteiger partial charge is 0.507 e. The number of carbonyl (C=O) groups excluding carboxylic acids is 2. The maximum atomic E-state index is 13.8. The van der Waals surface area contributed by atoms with E-state index in [1.165, 1.54) is 12.5 Å². The molecule has 1 aliphatic carbocycles. The van der Waals surface area contributed by atoms with Crippen LogP contribution in [0, 0.1) is 5.92 Å². The number of esters is 1. The predicted octanol–water partition coefficient (Wildman–Crippen LogP) is 7.52. The molecular formula is C32H38O5. The second-order valence-electron chi connectivity index (χ2n) is 10.6. The van der Waals surface area contributed by atoms with Gasteiger partial charge in [0.25, 0.3) is 5.79 Å². The molecule has 0 saturated heterocycles. The van der Waals surface area contributed by atoms with Gasteiger partial charge >= 0.3 is 5.97 Å². The number of hydrogen-bond donors (Lipinski definition) is 1. The molecule has 0 amide bonds. The third-order valence-electron chi connectivity index (χ3n) is 7.57. The van der Waals surface area contributed by atoms with E-state index in [0.717, 1.165) is 37.7 Å². The number of cyclic esters (lactones) is 1. The number of ketones is 1. The van der Waals surface area contributed by atoms with Crippen LogP contribution in [0.2, 0.25) is 0 Å². The van der Waals surface area contributed by atoms with E-state index in [1.807, 2.05) is 25.1 Å². The molecule has 0 saturated carbocycles. The van der Waals surface area contributed by atoms with Gasteiger partial charge in [0.05, 0.1) is 6.42 Å². The molecule has 37 heavy (non-hydrogen) atoms. The van der Waals surface area contributed by atoms with Gasteiger partial charge in [-0.3, -0.25) is 4.79 Å². The first-order valence-corrected chi connectivity index (χ1v) is 13.4. The summed E-state index contributed by atoms with van der Waals surface area (Å²) >= 11 is 0. The lowest BCUT2D eigenvalue weighted by molar-refractivity contribution is -0.172. The number of carbonyl (C=O) groups is 2. The minimum absolute atomic E-state index is 0.0881. The summed E-state index contributed by atoms with van der Waals surface area (Å²) in [5.41, 5.74) is 4.46. The third kappa shape index (κ3) is 5.36. The zero-order chi connectivity index (χ0) is 26.7. The predicted molar refractivity (Wildman–Crippen MR) is 145 cm³/mol. The Morgan fingerprint density at radius 3 is 2.54 bits per heavy atom. The van der Waals surface area contributed by atoms with Crippen LogP contribution in [-0.4, -0.2) is 16.9 Å². The smallest absolute Gasteiger partial charge is 0.345 e. The third-order valence-corrected chi connectivity index (χ3v) is 7.57. The molecule has 0 bridgehead atoms. The first-order valence-electron chi connectivity index (χ1n) is 13.4. The van der Waals surface area contributed by atoms with Crippen LogP contribution in [0.15, 0.2) is 60.2 Å². The summed E-state index contributed by atoms with van der Waals surface area (Å²) in [7, 11) is 0. The fourth-order valence-corrected chi connectivity index (χ4v) is 5.73. The van der Waals surface area contributed by atoms with Gasteiger partial charge in [0.2, 0.25) is 0 Å². The maximum absolute atomic E-state index is 13.8. The van der Waals surface area contributed by atoms with Crippen LogP contribution in [0.25, 0.3) is 0 Å². The Balaban J connectivity index is 1.97. The van der Waals surface area contributed by atoms with Gasteiger partial charge in [0, 0.05) is 17.0 Å². The first kappa shape index (κ1) is 26.7. The summed E-state index contributed by atoms with van der Waals surface area (Å²) in [5.74, 6) is -1.98. The van der Waals surface area contributed by atoms with Crippen molar-refractivity contribution in [2.75, 3.05) is 0 Å². The standard InChI is InChI=1S/C32H38O5/c1-6-7-9-12-23-18-27(34)29(26-17-21(4)15-16-25(26)20(2)3)30-28(23)31(35)37-32(36-30,19-22(5)33)24-13-10-8-11-14-24/h8,10-11,13-14,17-18,25-26,34H,2,6-7,9,12,15-16,19H2,1,3-5H3. The highest BCUT2D eigenvalue weighted by atomic mass is 16.7. The molecule has 2 aromatic rings. The number of ether oxygens (including phenoxy) is 2. The van der Waals surface area contributed by atoms with E-state index in [4.69, 9.17) is 9.47 Å². The van der Waals surface area contributed by atoms with Crippen LogP contribution < -0.4 is 4.74 Å². The number of aryl methyl sites for hydroxylation is 1. The average Bonchev–Trinajstić information content (AvgIpc) is 2.83. The van der Waals surface area contributed by atoms with Crippen molar-refractivity contribution >= 4 is 11.8 Å². The molecular weight excluding hydrogens is 464 g/mol. The molecule has 0 radical (unpaired) electrons. The average molecular weight is 503 g/mol. The van der Waals surface area contributed by atoms with Gasteiger partial charge in [-0.2, -0.15) is 0 Å². The second-order valence-corrected chi connectivity index (χ2v) is 10.6. The SMILES string of the molecule is C=C(C)C1CCC(C)=CC1c1c(O)cc(CCCCC)c2c1OC(CC(C)=O)(c1ccccc1)OC2=O. The van der Waals surface area contributed by atoms with E-state index in [0.29, 0.717) is 34.4 Å². The number of phenols is 1. The molecule has 3 unspecified atom stereocenters. The van der Waals surface area contributed by atoms with E-state index in [1.54, 1.807) is 18.2 Å². The Hall–Kier alpha value is -3.34. The maximum Gasteiger partial charge on any atom is 0.345 e. The minimum Gasteiger partial charge on any atom is -0.507 e. The van der Waals surface area contributed by atoms with E-state index >= 15 is 0 Å². The van der Waals surface area contributed by atoms with E-state index in [2.05, 4.69) is 26.5 Å². The Bertz CT molecular complexity index is 1230. The zero-order valence-corrected chi connectivity index (χ0v) is 22.4. The number of rotatable bonds is 9. The number of benzene rings is 2. The minimum atomic E-state index is -1.60. The van der Waals surface area contributed by atoms with Gasteiger partial charge in [-0.25, -0.2) is 4.79 Å². The number of unbranched alkanes of at least 4 members (excludes halogenated alkanes) is 2. The number of fused-ring (bicyclic) bond motifs is 1. The summed E-state index contributed by atoms with van der Waals surface area (Å²) in [6.45, 7) is 11.9. The molecule has 1 heterocycles.